The molecule has 0 spiro atoms. The number of nitrogens with one attached hydrogen (secondary N) is 1. The van der Waals surface area contributed by atoms with E-state index in [0.29, 0.717) is 5.41 Å². The minimum absolute atomic E-state index is 0.531. The van der Waals surface area contributed by atoms with Crippen LogP contribution in [0.15, 0.2) is 12.4 Å². The molecule has 0 aromatic carbocycles. The van der Waals surface area contributed by atoms with Crippen molar-refractivity contribution in [2.45, 2.75) is 52.6 Å². The van der Waals surface area contributed by atoms with Crippen molar-refractivity contribution in [2.24, 2.45) is 5.41 Å². The zero-order valence-electron chi connectivity index (χ0n) is 10.5. The highest BCUT2D eigenvalue weighted by atomic mass is 15.1. The van der Waals surface area contributed by atoms with Crippen molar-refractivity contribution in [2.75, 3.05) is 6.54 Å². The van der Waals surface area contributed by atoms with E-state index < -0.39 is 0 Å². The zero-order chi connectivity index (χ0) is 11.4. The molecule has 0 saturated heterocycles. The second-order valence-electron chi connectivity index (χ2n) is 5.25. The summed E-state index contributed by atoms with van der Waals surface area (Å²) < 4.78 is 2.20. The number of aromatic nitrogens is 2. The molecule has 0 atom stereocenters. The number of imidazole rings is 1. The summed E-state index contributed by atoms with van der Waals surface area (Å²) >= 11 is 0. The van der Waals surface area contributed by atoms with Gasteiger partial charge in [0.05, 0.1) is 6.54 Å². The van der Waals surface area contributed by atoms with Crippen LogP contribution in [0.3, 0.4) is 0 Å². The molecular weight excluding hydrogens is 198 g/mol. The third kappa shape index (κ3) is 2.64. The molecule has 1 aromatic rings. The maximum Gasteiger partial charge on any atom is 0.122 e. The Labute approximate surface area is 98.3 Å². The Bertz CT molecular complexity index is 324. The van der Waals surface area contributed by atoms with Gasteiger partial charge in [0, 0.05) is 25.5 Å². The average Bonchev–Trinajstić information content (AvgIpc) is 2.88. The fraction of sp³-hybridized carbons (Fsp3) is 0.769. The van der Waals surface area contributed by atoms with Crippen molar-refractivity contribution in [3.63, 3.8) is 0 Å². The van der Waals surface area contributed by atoms with Crippen LogP contribution < -0.4 is 5.32 Å². The zero-order valence-corrected chi connectivity index (χ0v) is 10.5. The summed E-state index contributed by atoms with van der Waals surface area (Å²) in [5.74, 6) is 1.16. The first-order valence-corrected chi connectivity index (χ1v) is 6.44. The Morgan fingerprint density at radius 3 is 2.88 bits per heavy atom. The molecular formula is C13H23N3. The normalized spacial score (nSPS) is 19.1. The van der Waals surface area contributed by atoms with Gasteiger partial charge >= 0.3 is 0 Å². The lowest BCUT2D eigenvalue weighted by atomic mass is 9.89. The Morgan fingerprint density at radius 1 is 1.44 bits per heavy atom. The highest BCUT2D eigenvalue weighted by Crippen LogP contribution is 2.36. The topological polar surface area (TPSA) is 29.9 Å². The number of nitrogens with zero attached hydrogens (tertiary/aromatic N) is 2. The molecule has 0 bridgehead atoms. The largest absolute Gasteiger partial charge is 0.334 e. The van der Waals surface area contributed by atoms with E-state index in [1.165, 1.54) is 25.7 Å². The molecule has 0 amide bonds. The molecule has 0 aliphatic heterocycles. The highest BCUT2D eigenvalue weighted by molar-refractivity contribution is 4.92. The van der Waals surface area contributed by atoms with E-state index in [9.17, 15) is 0 Å². The van der Waals surface area contributed by atoms with Gasteiger partial charge in [-0.15, -0.1) is 0 Å². The van der Waals surface area contributed by atoms with Crippen LogP contribution in [0.4, 0.5) is 0 Å². The molecule has 1 fully saturated rings. The first-order chi connectivity index (χ1) is 7.73. The lowest BCUT2D eigenvalue weighted by Gasteiger charge is -2.23. The quantitative estimate of drug-likeness (QED) is 0.828. The molecule has 1 aliphatic carbocycles. The predicted octanol–water partition coefficient (Wildman–Crippen LogP) is 2.57. The Morgan fingerprint density at radius 2 is 2.19 bits per heavy atom. The molecule has 1 aliphatic rings. The van der Waals surface area contributed by atoms with Gasteiger partial charge in [-0.25, -0.2) is 4.98 Å². The van der Waals surface area contributed by atoms with Gasteiger partial charge in [0.25, 0.3) is 0 Å². The van der Waals surface area contributed by atoms with Crippen LogP contribution in [-0.4, -0.2) is 16.1 Å². The molecule has 3 heteroatoms. The summed E-state index contributed by atoms with van der Waals surface area (Å²) in [6, 6.07) is 0. The van der Waals surface area contributed by atoms with Crippen LogP contribution in [0, 0.1) is 5.41 Å². The van der Waals surface area contributed by atoms with E-state index in [2.05, 4.69) is 28.7 Å². The summed E-state index contributed by atoms with van der Waals surface area (Å²) in [4.78, 5) is 4.37. The summed E-state index contributed by atoms with van der Waals surface area (Å²) in [5.41, 5.74) is 0.531. The Hall–Kier alpha value is -0.830. The summed E-state index contributed by atoms with van der Waals surface area (Å²) in [6.45, 7) is 7.59. The third-order valence-electron chi connectivity index (χ3n) is 3.79. The second kappa shape index (κ2) is 5.00. The van der Waals surface area contributed by atoms with Crippen molar-refractivity contribution >= 4 is 0 Å². The maximum absolute atomic E-state index is 4.37. The summed E-state index contributed by atoms with van der Waals surface area (Å²) in [6.07, 6.45) is 9.50. The smallest absolute Gasteiger partial charge is 0.122 e. The first kappa shape index (κ1) is 11.6. The van der Waals surface area contributed by atoms with Gasteiger partial charge < -0.3 is 9.88 Å². The Kier molecular flexibility index (Phi) is 3.64. The summed E-state index contributed by atoms with van der Waals surface area (Å²) in [5, 5.41) is 3.56. The fourth-order valence-electron chi connectivity index (χ4n) is 2.68. The molecule has 1 N–H and O–H groups in total. The van der Waals surface area contributed by atoms with Crippen molar-refractivity contribution in [3.05, 3.63) is 18.2 Å². The Balaban J connectivity index is 1.79. The minimum atomic E-state index is 0.531. The molecule has 2 rings (SSSR count). The van der Waals surface area contributed by atoms with E-state index in [4.69, 9.17) is 0 Å². The fourth-order valence-corrected chi connectivity index (χ4v) is 2.68. The van der Waals surface area contributed by atoms with Crippen LogP contribution >= 0.6 is 0 Å². The van der Waals surface area contributed by atoms with E-state index in [0.717, 1.165) is 25.5 Å². The van der Waals surface area contributed by atoms with Gasteiger partial charge in [-0.3, -0.25) is 0 Å². The van der Waals surface area contributed by atoms with Crippen LogP contribution in [-0.2, 0) is 13.1 Å². The van der Waals surface area contributed by atoms with Gasteiger partial charge in [0.1, 0.15) is 5.82 Å². The standard InChI is InChI=1S/C13H23N3/c1-3-16-9-8-15-12(16)10-14-11-13(2)6-4-5-7-13/h8-9,14H,3-7,10-11H2,1-2H3. The number of rotatable bonds is 5. The highest BCUT2D eigenvalue weighted by Gasteiger charge is 2.27. The molecule has 1 aromatic heterocycles. The number of aryl methyl sites for hydroxylation is 1. The third-order valence-corrected chi connectivity index (χ3v) is 3.79. The van der Waals surface area contributed by atoms with Crippen molar-refractivity contribution < 1.29 is 0 Å². The molecule has 1 heterocycles. The van der Waals surface area contributed by atoms with Gasteiger partial charge in [0.2, 0.25) is 0 Å². The van der Waals surface area contributed by atoms with Crippen molar-refractivity contribution in [3.8, 4) is 0 Å². The second-order valence-corrected chi connectivity index (χ2v) is 5.25. The predicted molar refractivity (Wildman–Crippen MR) is 66.2 cm³/mol. The lowest BCUT2D eigenvalue weighted by Crippen LogP contribution is -2.30. The van der Waals surface area contributed by atoms with E-state index >= 15 is 0 Å². The molecule has 3 nitrogen and oxygen atoms in total. The van der Waals surface area contributed by atoms with E-state index in [1.807, 2.05) is 12.4 Å². The molecule has 90 valence electrons. The van der Waals surface area contributed by atoms with E-state index in [-0.39, 0.29) is 0 Å². The average molecular weight is 221 g/mol. The van der Waals surface area contributed by atoms with Gasteiger partial charge in [0.15, 0.2) is 0 Å². The van der Waals surface area contributed by atoms with Crippen molar-refractivity contribution in [1.29, 1.82) is 0 Å². The summed E-state index contributed by atoms with van der Waals surface area (Å²) in [7, 11) is 0. The number of hydrogen-bond donors (Lipinski definition) is 1. The van der Waals surface area contributed by atoms with Crippen LogP contribution in [0.2, 0.25) is 0 Å². The van der Waals surface area contributed by atoms with Gasteiger partial charge in [-0.05, 0) is 25.2 Å². The number of hydrogen-bond acceptors (Lipinski definition) is 2. The van der Waals surface area contributed by atoms with Crippen molar-refractivity contribution in [1.82, 2.24) is 14.9 Å². The molecule has 0 radical (unpaired) electrons. The van der Waals surface area contributed by atoms with Gasteiger partial charge in [-0.1, -0.05) is 19.8 Å². The monoisotopic (exact) mass is 221 g/mol. The molecule has 0 unspecified atom stereocenters. The molecule has 1 saturated carbocycles. The van der Waals surface area contributed by atoms with E-state index in [1.54, 1.807) is 0 Å². The minimum Gasteiger partial charge on any atom is -0.334 e. The lowest BCUT2D eigenvalue weighted by molar-refractivity contribution is 0.312. The maximum atomic E-state index is 4.37. The van der Waals surface area contributed by atoms with Crippen LogP contribution in [0.1, 0.15) is 45.4 Å². The van der Waals surface area contributed by atoms with Gasteiger partial charge in [-0.2, -0.15) is 0 Å². The molecule has 16 heavy (non-hydrogen) atoms. The van der Waals surface area contributed by atoms with Crippen LogP contribution in [0.25, 0.3) is 0 Å². The van der Waals surface area contributed by atoms with Crippen LogP contribution in [0.5, 0.6) is 0 Å². The SMILES string of the molecule is CCn1ccnc1CNCC1(C)CCCC1. The first-order valence-electron chi connectivity index (χ1n) is 6.44.